The van der Waals surface area contributed by atoms with Gasteiger partial charge in [0, 0.05) is 5.75 Å². The van der Waals surface area contributed by atoms with Gasteiger partial charge in [-0.25, -0.2) is 24.3 Å². The van der Waals surface area contributed by atoms with Gasteiger partial charge in [-0.05, 0) is 0 Å². The molecule has 2 aromatic rings. The Hall–Kier alpha value is -1.02. The molecule has 2 nitrogen and oxygen atoms in total. The molecular formula is C13H14FeO2. The molecule has 1 aliphatic heterocycles. The SMILES string of the molecule is [Fe+2].c1cc[c-](OCC2CO2)c1.c1cc[cH-]c1. The molecule has 1 fully saturated rings. The fourth-order valence-electron chi connectivity index (χ4n) is 1.13. The monoisotopic (exact) mass is 258 g/mol. The first-order valence-corrected chi connectivity index (χ1v) is 5.08. The fraction of sp³-hybridized carbons (Fsp3) is 0.231. The molecule has 3 rings (SSSR count). The van der Waals surface area contributed by atoms with E-state index in [4.69, 9.17) is 9.47 Å². The summed E-state index contributed by atoms with van der Waals surface area (Å²) in [5.74, 6) is 0.940. The van der Waals surface area contributed by atoms with E-state index in [1.54, 1.807) is 0 Å². The summed E-state index contributed by atoms with van der Waals surface area (Å²) < 4.78 is 10.3. The number of rotatable bonds is 3. The zero-order valence-corrected chi connectivity index (χ0v) is 9.96. The van der Waals surface area contributed by atoms with E-state index >= 15 is 0 Å². The molecule has 0 saturated carbocycles. The molecule has 86 valence electrons. The molecule has 16 heavy (non-hydrogen) atoms. The number of hydrogen-bond donors (Lipinski definition) is 0. The fourth-order valence-corrected chi connectivity index (χ4v) is 1.13. The molecule has 1 unspecified atom stereocenters. The Kier molecular flexibility index (Phi) is 5.94. The van der Waals surface area contributed by atoms with Crippen LogP contribution in [0.5, 0.6) is 5.75 Å². The summed E-state index contributed by atoms with van der Waals surface area (Å²) in [6, 6.07) is 17.8. The minimum atomic E-state index is 0. The van der Waals surface area contributed by atoms with Gasteiger partial charge in [0.1, 0.15) is 6.10 Å². The maximum atomic E-state index is 5.34. The van der Waals surface area contributed by atoms with E-state index in [2.05, 4.69) is 0 Å². The molecule has 0 amide bonds. The van der Waals surface area contributed by atoms with Gasteiger partial charge in [-0.3, -0.25) is 0 Å². The van der Waals surface area contributed by atoms with Gasteiger partial charge in [0.25, 0.3) is 0 Å². The molecule has 0 bridgehead atoms. The maximum Gasteiger partial charge on any atom is 2.00 e. The van der Waals surface area contributed by atoms with Crippen LogP contribution in [0.3, 0.4) is 0 Å². The van der Waals surface area contributed by atoms with Crippen LogP contribution in [0.25, 0.3) is 0 Å². The van der Waals surface area contributed by atoms with E-state index in [0.717, 1.165) is 12.4 Å². The minimum Gasteiger partial charge on any atom is -0.548 e. The molecule has 0 aromatic heterocycles. The Bertz CT molecular complexity index is 319. The Morgan fingerprint density at radius 1 is 1.19 bits per heavy atom. The molecule has 3 heteroatoms. The first kappa shape index (κ1) is 13.0. The van der Waals surface area contributed by atoms with Crippen LogP contribution in [0.4, 0.5) is 0 Å². The van der Waals surface area contributed by atoms with Crippen molar-refractivity contribution < 1.29 is 26.5 Å². The van der Waals surface area contributed by atoms with E-state index in [1.807, 2.05) is 54.6 Å². The van der Waals surface area contributed by atoms with Crippen LogP contribution in [-0.4, -0.2) is 19.3 Å². The normalized spacial score (nSPS) is 16.6. The molecule has 1 heterocycles. The summed E-state index contributed by atoms with van der Waals surface area (Å²) in [4.78, 5) is 0. The van der Waals surface area contributed by atoms with Crippen LogP contribution in [0.1, 0.15) is 0 Å². The molecule has 0 spiro atoms. The van der Waals surface area contributed by atoms with Gasteiger partial charge in [-0.15, -0.1) is 12.1 Å². The molecule has 2 aromatic carbocycles. The smallest absolute Gasteiger partial charge is 0.548 e. The summed E-state index contributed by atoms with van der Waals surface area (Å²) in [7, 11) is 0. The molecule has 1 aliphatic rings. The van der Waals surface area contributed by atoms with Gasteiger partial charge < -0.3 is 9.47 Å². The summed E-state index contributed by atoms with van der Waals surface area (Å²) in [6.45, 7) is 1.56. The molecule has 0 radical (unpaired) electrons. The van der Waals surface area contributed by atoms with Crippen molar-refractivity contribution in [2.75, 3.05) is 13.2 Å². The Morgan fingerprint density at radius 2 is 1.81 bits per heavy atom. The third-order valence-corrected chi connectivity index (χ3v) is 2.03. The second-order valence-corrected chi connectivity index (χ2v) is 3.35. The third-order valence-electron chi connectivity index (χ3n) is 2.03. The second kappa shape index (κ2) is 7.29. The van der Waals surface area contributed by atoms with Crippen molar-refractivity contribution in [1.29, 1.82) is 0 Å². The maximum absolute atomic E-state index is 5.34. The Balaban J connectivity index is 0.000000183. The van der Waals surface area contributed by atoms with Gasteiger partial charge in [-0.1, -0.05) is 0 Å². The van der Waals surface area contributed by atoms with Crippen molar-refractivity contribution in [2.45, 2.75) is 6.10 Å². The average Bonchev–Trinajstić information content (AvgIpc) is 2.81. The van der Waals surface area contributed by atoms with Crippen LogP contribution in [0, 0.1) is 0 Å². The summed E-state index contributed by atoms with van der Waals surface area (Å²) >= 11 is 0. The third kappa shape index (κ3) is 5.17. The van der Waals surface area contributed by atoms with Crippen molar-refractivity contribution >= 4 is 0 Å². The predicted molar refractivity (Wildman–Crippen MR) is 59.3 cm³/mol. The van der Waals surface area contributed by atoms with E-state index in [1.165, 1.54) is 0 Å². The van der Waals surface area contributed by atoms with Gasteiger partial charge in [0.15, 0.2) is 0 Å². The quantitative estimate of drug-likeness (QED) is 0.479. The number of epoxide rings is 1. The zero-order valence-electron chi connectivity index (χ0n) is 8.86. The second-order valence-electron chi connectivity index (χ2n) is 3.35. The van der Waals surface area contributed by atoms with E-state index < -0.39 is 0 Å². The van der Waals surface area contributed by atoms with Crippen molar-refractivity contribution in [3.63, 3.8) is 0 Å². The minimum absolute atomic E-state index is 0. The molecule has 1 saturated heterocycles. The van der Waals surface area contributed by atoms with Gasteiger partial charge in [-0.2, -0.15) is 18.2 Å². The topological polar surface area (TPSA) is 21.8 Å². The zero-order chi connectivity index (χ0) is 10.3. The van der Waals surface area contributed by atoms with Crippen LogP contribution in [0.15, 0.2) is 54.6 Å². The van der Waals surface area contributed by atoms with E-state index in [9.17, 15) is 0 Å². The van der Waals surface area contributed by atoms with Crippen LogP contribution in [0.2, 0.25) is 0 Å². The molecule has 0 N–H and O–H groups in total. The first-order valence-electron chi connectivity index (χ1n) is 5.08. The average molecular weight is 258 g/mol. The summed E-state index contributed by atoms with van der Waals surface area (Å²) in [5, 5.41) is 0. The van der Waals surface area contributed by atoms with Gasteiger partial charge in [0.2, 0.25) is 0 Å². The van der Waals surface area contributed by atoms with Crippen LogP contribution >= 0.6 is 0 Å². The Morgan fingerprint density at radius 3 is 2.25 bits per heavy atom. The molecule has 0 aliphatic carbocycles. The molecular weight excluding hydrogens is 244 g/mol. The first-order chi connectivity index (χ1) is 7.45. The predicted octanol–water partition coefficient (Wildman–Crippen LogP) is 2.59. The van der Waals surface area contributed by atoms with Crippen molar-refractivity contribution in [1.82, 2.24) is 0 Å². The number of ether oxygens (including phenoxy) is 2. The van der Waals surface area contributed by atoms with Crippen molar-refractivity contribution in [3.05, 3.63) is 54.6 Å². The van der Waals surface area contributed by atoms with E-state index in [-0.39, 0.29) is 17.1 Å². The van der Waals surface area contributed by atoms with Crippen molar-refractivity contribution in [2.24, 2.45) is 0 Å². The molecule has 1 atom stereocenters. The largest absolute Gasteiger partial charge is 2.00 e. The summed E-state index contributed by atoms with van der Waals surface area (Å²) in [6.07, 6.45) is 0.356. The van der Waals surface area contributed by atoms with Crippen LogP contribution < -0.4 is 4.74 Å². The van der Waals surface area contributed by atoms with Gasteiger partial charge >= 0.3 is 17.1 Å². The standard InChI is InChI=1S/C8H9O2.C5H5.Fe/c1-2-4-7(3-1)9-5-8-6-10-8;1-2-4-5-3-1;/h1-4,8H,5-6H2;1-5H;/q2*-1;+2. The summed E-state index contributed by atoms with van der Waals surface area (Å²) in [5.41, 5.74) is 0. The Labute approximate surface area is 106 Å². The van der Waals surface area contributed by atoms with E-state index in [0.29, 0.717) is 12.7 Å². The van der Waals surface area contributed by atoms with Crippen molar-refractivity contribution in [3.8, 4) is 5.75 Å². The van der Waals surface area contributed by atoms with Crippen LogP contribution in [-0.2, 0) is 21.8 Å². The van der Waals surface area contributed by atoms with Gasteiger partial charge in [0.05, 0.1) is 13.2 Å². The number of hydrogen-bond acceptors (Lipinski definition) is 2.